The number of rotatable bonds is 3. The molecule has 0 radical (unpaired) electrons. The van der Waals surface area contributed by atoms with Gasteiger partial charge in [0.1, 0.15) is 10.8 Å². The number of pyridine rings is 1. The lowest BCUT2D eigenvalue weighted by molar-refractivity contribution is 0.758. The van der Waals surface area contributed by atoms with Crippen molar-refractivity contribution in [3.8, 4) is 11.1 Å². The van der Waals surface area contributed by atoms with Crippen LogP contribution in [0.25, 0.3) is 11.1 Å². The van der Waals surface area contributed by atoms with Gasteiger partial charge in [0.25, 0.3) is 0 Å². The van der Waals surface area contributed by atoms with E-state index >= 15 is 0 Å². The average Bonchev–Trinajstić information content (AvgIpc) is 3.02. The number of nitrogens with two attached hydrogens (primary N) is 1. The maximum absolute atomic E-state index is 5.98. The number of aromatic nitrogens is 2. The summed E-state index contributed by atoms with van der Waals surface area (Å²) < 4.78 is 4.26. The van der Waals surface area contributed by atoms with E-state index in [0.717, 1.165) is 16.1 Å². The van der Waals surface area contributed by atoms with Crippen LogP contribution in [0.3, 0.4) is 0 Å². The van der Waals surface area contributed by atoms with Gasteiger partial charge in [0.15, 0.2) is 0 Å². The van der Waals surface area contributed by atoms with Crippen LogP contribution in [0.2, 0.25) is 0 Å². The summed E-state index contributed by atoms with van der Waals surface area (Å²) in [5, 5.41) is 4.65. The van der Waals surface area contributed by atoms with E-state index in [9.17, 15) is 0 Å². The predicted octanol–water partition coefficient (Wildman–Crippen LogP) is 3.14. The van der Waals surface area contributed by atoms with Gasteiger partial charge in [0, 0.05) is 24.0 Å². The first-order chi connectivity index (χ1) is 8.84. The maximum atomic E-state index is 5.98. The summed E-state index contributed by atoms with van der Waals surface area (Å²) in [5.41, 5.74) is 8.01. The zero-order chi connectivity index (χ0) is 12.4. The highest BCUT2D eigenvalue weighted by Crippen LogP contribution is 2.37. The second-order valence-corrected chi connectivity index (χ2v) is 5.41. The number of hydrogen-bond acceptors (Lipinski definition) is 5. The minimum absolute atomic E-state index is 0.570. The van der Waals surface area contributed by atoms with E-state index in [2.05, 4.69) is 14.7 Å². The smallest absolute Gasteiger partial charge is 0.147 e. The second kappa shape index (κ2) is 4.94. The standard InChI is InChI=1S/C13H16N4S/c14-12-11(9-4-3-7-15-8-9)13(18-17-12)16-10-5-1-2-6-10/h3-4,7-8,10,16H,1-2,5-6H2,(H2,14,17). The summed E-state index contributed by atoms with van der Waals surface area (Å²) in [6, 6.07) is 4.51. The van der Waals surface area contributed by atoms with Crippen LogP contribution in [-0.4, -0.2) is 15.4 Å². The molecule has 1 aliphatic carbocycles. The third kappa shape index (κ3) is 2.18. The molecule has 94 valence electrons. The van der Waals surface area contributed by atoms with E-state index in [0.29, 0.717) is 11.9 Å². The Balaban J connectivity index is 1.91. The third-order valence-electron chi connectivity index (χ3n) is 3.36. The Bertz CT molecular complexity index is 517. The van der Waals surface area contributed by atoms with Crippen LogP contribution in [0, 0.1) is 0 Å². The summed E-state index contributed by atoms with van der Waals surface area (Å²) in [6.45, 7) is 0. The number of hydrogen-bond donors (Lipinski definition) is 2. The summed E-state index contributed by atoms with van der Waals surface area (Å²) in [5.74, 6) is 0.591. The molecule has 3 N–H and O–H groups in total. The largest absolute Gasteiger partial charge is 0.382 e. The van der Waals surface area contributed by atoms with Gasteiger partial charge in [0.2, 0.25) is 0 Å². The molecule has 0 atom stereocenters. The van der Waals surface area contributed by atoms with E-state index in [1.54, 1.807) is 6.20 Å². The van der Waals surface area contributed by atoms with Crippen molar-refractivity contribution in [2.24, 2.45) is 0 Å². The number of nitrogens with one attached hydrogen (secondary N) is 1. The SMILES string of the molecule is Nc1nsc(NC2CCCC2)c1-c1cccnc1. The molecule has 0 bridgehead atoms. The van der Waals surface area contributed by atoms with E-state index < -0.39 is 0 Å². The summed E-state index contributed by atoms with van der Waals surface area (Å²) in [4.78, 5) is 4.15. The van der Waals surface area contributed by atoms with Crippen LogP contribution in [-0.2, 0) is 0 Å². The molecule has 18 heavy (non-hydrogen) atoms. The van der Waals surface area contributed by atoms with Gasteiger partial charge in [-0.1, -0.05) is 18.9 Å². The highest BCUT2D eigenvalue weighted by atomic mass is 32.1. The van der Waals surface area contributed by atoms with Gasteiger partial charge in [-0.3, -0.25) is 4.98 Å². The van der Waals surface area contributed by atoms with Gasteiger partial charge in [-0.2, -0.15) is 4.37 Å². The molecule has 0 aliphatic heterocycles. The van der Waals surface area contributed by atoms with Gasteiger partial charge < -0.3 is 11.1 Å². The number of nitrogen functional groups attached to an aromatic ring is 1. The molecule has 0 aromatic carbocycles. The van der Waals surface area contributed by atoms with Gasteiger partial charge >= 0.3 is 0 Å². The normalized spacial score (nSPS) is 16.0. The first kappa shape index (κ1) is 11.5. The molecule has 0 amide bonds. The van der Waals surface area contributed by atoms with Crippen molar-refractivity contribution in [1.82, 2.24) is 9.36 Å². The van der Waals surface area contributed by atoms with Crippen molar-refractivity contribution in [3.05, 3.63) is 24.5 Å². The van der Waals surface area contributed by atoms with Crippen LogP contribution in [0.5, 0.6) is 0 Å². The van der Waals surface area contributed by atoms with Crippen LogP contribution in [0.4, 0.5) is 10.8 Å². The molecule has 2 aromatic heterocycles. The lowest BCUT2D eigenvalue weighted by Gasteiger charge is -2.13. The Labute approximate surface area is 110 Å². The Morgan fingerprint density at radius 3 is 2.89 bits per heavy atom. The minimum Gasteiger partial charge on any atom is -0.382 e. The van der Waals surface area contributed by atoms with Crippen molar-refractivity contribution < 1.29 is 0 Å². The molecule has 1 aliphatic rings. The Kier molecular flexibility index (Phi) is 3.15. The van der Waals surface area contributed by atoms with Gasteiger partial charge in [0.05, 0.1) is 5.56 Å². The summed E-state index contributed by atoms with van der Waals surface area (Å²) in [7, 11) is 0. The number of nitrogens with zero attached hydrogens (tertiary/aromatic N) is 2. The van der Waals surface area contributed by atoms with Crippen molar-refractivity contribution in [1.29, 1.82) is 0 Å². The van der Waals surface area contributed by atoms with Crippen molar-refractivity contribution in [3.63, 3.8) is 0 Å². The second-order valence-electron chi connectivity index (χ2n) is 4.64. The van der Waals surface area contributed by atoms with Crippen LogP contribution in [0.15, 0.2) is 24.5 Å². The fourth-order valence-corrected chi connectivity index (χ4v) is 3.26. The molecule has 5 heteroatoms. The van der Waals surface area contributed by atoms with Crippen molar-refractivity contribution in [2.45, 2.75) is 31.7 Å². The zero-order valence-corrected chi connectivity index (χ0v) is 10.9. The Morgan fingerprint density at radius 2 is 2.17 bits per heavy atom. The molecule has 0 spiro atoms. The Hall–Kier alpha value is -1.62. The van der Waals surface area contributed by atoms with Crippen molar-refractivity contribution in [2.75, 3.05) is 11.1 Å². The predicted molar refractivity (Wildman–Crippen MR) is 75.6 cm³/mol. The summed E-state index contributed by atoms with van der Waals surface area (Å²) in [6.07, 6.45) is 8.71. The van der Waals surface area contributed by atoms with Crippen LogP contribution < -0.4 is 11.1 Å². The van der Waals surface area contributed by atoms with E-state index in [-0.39, 0.29) is 0 Å². The summed E-state index contributed by atoms with van der Waals surface area (Å²) >= 11 is 1.44. The van der Waals surface area contributed by atoms with Gasteiger partial charge in [-0.25, -0.2) is 0 Å². The molecule has 2 heterocycles. The first-order valence-electron chi connectivity index (χ1n) is 6.26. The highest BCUT2D eigenvalue weighted by Gasteiger charge is 2.19. The zero-order valence-electron chi connectivity index (χ0n) is 10.1. The lowest BCUT2D eigenvalue weighted by Crippen LogP contribution is -2.14. The molecule has 0 unspecified atom stereocenters. The van der Waals surface area contributed by atoms with Gasteiger partial charge in [-0.05, 0) is 30.4 Å². The first-order valence-corrected chi connectivity index (χ1v) is 7.04. The number of anilines is 2. The molecule has 1 fully saturated rings. The fraction of sp³-hybridized carbons (Fsp3) is 0.385. The molecular weight excluding hydrogens is 244 g/mol. The van der Waals surface area contributed by atoms with E-state index in [1.807, 2.05) is 18.3 Å². The molecule has 1 saturated carbocycles. The lowest BCUT2D eigenvalue weighted by atomic mass is 10.1. The molecule has 4 nitrogen and oxygen atoms in total. The third-order valence-corrected chi connectivity index (χ3v) is 4.15. The monoisotopic (exact) mass is 260 g/mol. The van der Waals surface area contributed by atoms with Crippen LogP contribution >= 0.6 is 11.5 Å². The highest BCUT2D eigenvalue weighted by molar-refractivity contribution is 7.11. The fourth-order valence-electron chi connectivity index (χ4n) is 2.45. The molecule has 0 saturated heterocycles. The molecular formula is C13H16N4S. The van der Waals surface area contributed by atoms with E-state index in [4.69, 9.17) is 5.73 Å². The quantitative estimate of drug-likeness (QED) is 0.890. The minimum atomic E-state index is 0.570. The van der Waals surface area contributed by atoms with E-state index in [1.165, 1.54) is 37.2 Å². The molecule has 3 rings (SSSR count). The Morgan fingerprint density at radius 1 is 1.33 bits per heavy atom. The topological polar surface area (TPSA) is 63.8 Å². The van der Waals surface area contributed by atoms with Crippen LogP contribution in [0.1, 0.15) is 25.7 Å². The maximum Gasteiger partial charge on any atom is 0.147 e. The van der Waals surface area contributed by atoms with Gasteiger partial charge in [-0.15, -0.1) is 0 Å². The average molecular weight is 260 g/mol. The molecule has 2 aromatic rings. The van der Waals surface area contributed by atoms with Crippen molar-refractivity contribution >= 4 is 22.4 Å².